The monoisotopic (exact) mass is 444 g/mol. The maximum absolute atomic E-state index is 13.0. The zero-order chi connectivity index (χ0) is 22.9. The number of anilines is 2. The number of hydrogen-bond acceptors (Lipinski definition) is 6. The van der Waals surface area contributed by atoms with Gasteiger partial charge in [0.05, 0.1) is 28.7 Å². The number of pyridine rings is 1. The Kier molecular flexibility index (Phi) is 6.19. The van der Waals surface area contributed by atoms with Crippen LogP contribution in [0.4, 0.5) is 24.7 Å². The molecule has 2 aromatic heterocycles. The van der Waals surface area contributed by atoms with Crippen molar-refractivity contribution >= 4 is 22.4 Å². The Bertz CT molecular complexity index is 1090. The van der Waals surface area contributed by atoms with Gasteiger partial charge in [-0.05, 0) is 57.6 Å². The molecule has 3 heterocycles. The molecule has 0 saturated carbocycles. The van der Waals surface area contributed by atoms with Crippen LogP contribution < -0.4 is 10.2 Å². The summed E-state index contributed by atoms with van der Waals surface area (Å²) >= 11 is 0. The fourth-order valence-electron chi connectivity index (χ4n) is 4.14. The molecule has 1 N–H and O–H groups in total. The van der Waals surface area contributed by atoms with E-state index in [-0.39, 0.29) is 6.54 Å². The molecule has 0 radical (unpaired) electrons. The zero-order valence-electron chi connectivity index (χ0n) is 18.4. The number of benzene rings is 1. The van der Waals surface area contributed by atoms with E-state index in [1.54, 1.807) is 6.07 Å². The normalized spacial score (nSPS) is 15.5. The van der Waals surface area contributed by atoms with Crippen LogP contribution in [-0.2, 0) is 12.7 Å². The molecular formula is C23H27F3N6. The number of halogens is 3. The molecule has 0 aliphatic carbocycles. The number of alkyl halides is 3. The van der Waals surface area contributed by atoms with E-state index in [4.69, 9.17) is 0 Å². The first kappa shape index (κ1) is 22.3. The highest BCUT2D eigenvalue weighted by molar-refractivity contribution is 5.92. The van der Waals surface area contributed by atoms with E-state index in [1.807, 2.05) is 13.1 Å². The van der Waals surface area contributed by atoms with E-state index < -0.39 is 11.7 Å². The van der Waals surface area contributed by atoms with Crippen LogP contribution >= 0.6 is 0 Å². The van der Waals surface area contributed by atoms with Crippen LogP contribution in [0.15, 0.2) is 36.5 Å². The molecule has 3 aromatic rings. The second-order valence-electron chi connectivity index (χ2n) is 8.46. The predicted octanol–water partition coefficient (Wildman–Crippen LogP) is 4.49. The minimum absolute atomic E-state index is 0.204. The van der Waals surface area contributed by atoms with E-state index in [0.717, 1.165) is 54.7 Å². The van der Waals surface area contributed by atoms with Gasteiger partial charge in [-0.1, -0.05) is 12.1 Å². The third kappa shape index (κ3) is 4.77. The molecule has 0 unspecified atom stereocenters. The Hall–Kier alpha value is -2.94. The average Bonchev–Trinajstić information content (AvgIpc) is 2.78. The molecular weight excluding hydrogens is 417 g/mol. The molecule has 1 aromatic carbocycles. The molecule has 1 saturated heterocycles. The van der Waals surface area contributed by atoms with Gasteiger partial charge in [0.15, 0.2) is 5.82 Å². The van der Waals surface area contributed by atoms with Crippen LogP contribution in [0.25, 0.3) is 10.9 Å². The van der Waals surface area contributed by atoms with Crippen molar-refractivity contribution in [3.8, 4) is 0 Å². The Morgan fingerprint density at radius 3 is 2.56 bits per heavy atom. The second kappa shape index (κ2) is 8.90. The zero-order valence-corrected chi connectivity index (χ0v) is 18.4. The minimum Gasteiger partial charge on any atom is -0.370 e. The van der Waals surface area contributed by atoms with Crippen molar-refractivity contribution in [2.45, 2.75) is 38.5 Å². The maximum Gasteiger partial charge on any atom is 0.416 e. The van der Waals surface area contributed by atoms with Gasteiger partial charge in [0, 0.05) is 31.1 Å². The van der Waals surface area contributed by atoms with E-state index in [0.29, 0.717) is 23.1 Å². The van der Waals surface area contributed by atoms with Gasteiger partial charge in [0.2, 0.25) is 0 Å². The van der Waals surface area contributed by atoms with Crippen LogP contribution in [0.2, 0.25) is 0 Å². The summed E-state index contributed by atoms with van der Waals surface area (Å²) in [6.07, 6.45) is -0.340. The Morgan fingerprint density at radius 1 is 1.12 bits per heavy atom. The first-order valence-electron chi connectivity index (χ1n) is 10.7. The molecule has 6 nitrogen and oxygen atoms in total. The molecule has 0 spiro atoms. The standard InChI is InChI=1S/C23H27F3N6/c1-15-21-20(12-19(14-27-21)32-9-7-18(8-10-32)31(2)3)22(30-29-15)28-13-16-5-4-6-17(11-16)23(24,25)26/h4-6,11-12,14,18H,7-10,13H2,1-3H3,(H,28,30). The molecule has 4 rings (SSSR count). The third-order valence-electron chi connectivity index (χ3n) is 6.05. The van der Waals surface area contributed by atoms with Crippen LogP contribution in [0.3, 0.4) is 0 Å². The molecule has 0 atom stereocenters. The number of rotatable bonds is 5. The van der Waals surface area contributed by atoms with E-state index in [2.05, 4.69) is 50.5 Å². The summed E-state index contributed by atoms with van der Waals surface area (Å²) in [5.41, 5.74) is 2.32. The lowest BCUT2D eigenvalue weighted by atomic mass is 10.0. The lowest BCUT2D eigenvalue weighted by molar-refractivity contribution is -0.137. The third-order valence-corrected chi connectivity index (χ3v) is 6.05. The number of nitrogens with zero attached hydrogens (tertiary/aromatic N) is 5. The maximum atomic E-state index is 13.0. The largest absolute Gasteiger partial charge is 0.416 e. The number of piperidine rings is 1. The average molecular weight is 445 g/mol. The molecule has 1 aliphatic heterocycles. The number of fused-ring (bicyclic) bond motifs is 1. The first-order chi connectivity index (χ1) is 15.2. The highest BCUT2D eigenvalue weighted by Gasteiger charge is 2.30. The van der Waals surface area contributed by atoms with Gasteiger partial charge >= 0.3 is 6.18 Å². The van der Waals surface area contributed by atoms with Crippen molar-refractivity contribution in [2.24, 2.45) is 0 Å². The summed E-state index contributed by atoms with van der Waals surface area (Å²) in [6, 6.07) is 7.92. The highest BCUT2D eigenvalue weighted by Crippen LogP contribution is 2.31. The summed E-state index contributed by atoms with van der Waals surface area (Å²) < 4.78 is 39.0. The molecule has 1 aliphatic rings. The smallest absolute Gasteiger partial charge is 0.370 e. The van der Waals surface area contributed by atoms with Crippen molar-refractivity contribution in [1.29, 1.82) is 0 Å². The molecule has 32 heavy (non-hydrogen) atoms. The quantitative estimate of drug-likeness (QED) is 0.626. The predicted molar refractivity (Wildman–Crippen MR) is 120 cm³/mol. The van der Waals surface area contributed by atoms with Gasteiger partial charge in [-0.2, -0.15) is 18.3 Å². The van der Waals surface area contributed by atoms with Gasteiger partial charge in [0.1, 0.15) is 0 Å². The molecule has 170 valence electrons. The lowest BCUT2D eigenvalue weighted by Crippen LogP contribution is -2.42. The summed E-state index contributed by atoms with van der Waals surface area (Å²) in [4.78, 5) is 9.22. The van der Waals surface area contributed by atoms with Crippen LogP contribution in [-0.4, -0.2) is 53.3 Å². The molecule has 1 fully saturated rings. The van der Waals surface area contributed by atoms with Crippen molar-refractivity contribution in [2.75, 3.05) is 37.4 Å². The Labute approximate surface area is 185 Å². The first-order valence-corrected chi connectivity index (χ1v) is 10.7. The number of hydrogen-bond donors (Lipinski definition) is 1. The summed E-state index contributed by atoms with van der Waals surface area (Å²) in [6.45, 7) is 3.94. The van der Waals surface area contributed by atoms with Gasteiger partial charge in [-0.25, -0.2) is 0 Å². The van der Waals surface area contributed by atoms with Gasteiger partial charge in [0.25, 0.3) is 0 Å². The van der Waals surface area contributed by atoms with Crippen molar-refractivity contribution in [3.05, 3.63) is 53.3 Å². The molecule has 0 amide bonds. The lowest BCUT2D eigenvalue weighted by Gasteiger charge is -2.36. The summed E-state index contributed by atoms with van der Waals surface area (Å²) in [5, 5.41) is 12.4. The summed E-state index contributed by atoms with van der Waals surface area (Å²) in [5.74, 6) is 0.514. The van der Waals surface area contributed by atoms with Crippen molar-refractivity contribution in [1.82, 2.24) is 20.1 Å². The van der Waals surface area contributed by atoms with Crippen LogP contribution in [0, 0.1) is 6.92 Å². The van der Waals surface area contributed by atoms with Crippen LogP contribution in [0.5, 0.6) is 0 Å². The molecule has 0 bridgehead atoms. The molecule has 9 heteroatoms. The van der Waals surface area contributed by atoms with Crippen molar-refractivity contribution in [3.63, 3.8) is 0 Å². The minimum atomic E-state index is -4.37. The van der Waals surface area contributed by atoms with E-state index in [9.17, 15) is 13.2 Å². The van der Waals surface area contributed by atoms with Gasteiger partial charge in [-0.3, -0.25) is 4.98 Å². The summed E-state index contributed by atoms with van der Waals surface area (Å²) in [7, 11) is 4.23. The van der Waals surface area contributed by atoms with E-state index >= 15 is 0 Å². The number of nitrogens with one attached hydrogen (secondary N) is 1. The fourth-order valence-corrected chi connectivity index (χ4v) is 4.14. The SMILES string of the molecule is Cc1nnc(NCc2cccc(C(F)(F)F)c2)c2cc(N3CCC(N(C)C)CC3)cnc12. The number of aryl methyl sites for hydroxylation is 1. The van der Waals surface area contributed by atoms with E-state index in [1.165, 1.54) is 6.07 Å². The Morgan fingerprint density at radius 2 is 1.88 bits per heavy atom. The Balaban J connectivity index is 1.57. The fraction of sp³-hybridized carbons (Fsp3) is 0.435. The van der Waals surface area contributed by atoms with Gasteiger partial charge in [-0.15, -0.1) is 5.10 Å². The van der Waals surface area contributed by atoms with Crippen molar-refractivity contribution < 1.29 is 13.2 Å². The number of aromatic nitrogens is 3. The van der Waals surface area contributed by atoms with Crippen LogP contribution in [0.1, 0.15) is 29.7 Å². The highest BCUT2D eigenvalue weighted by atomic mass is 19.4. The topological polar surface area (TPSA) is 57.2 Å². The second-order valence-corrected chi connectivity index (χ2v) is 8.46. The van der Waals surface area contributed by atoms with Gasteiger partial charge < -0.3 is 15.1 Å².